The topological polar surface area (TPSA) is 81.6 Å². The minimum Gasteiger partial charge on any atom is -0.444 e. The molecule has 0 saturated carbocycles. The maximum absolute atomic E-state index is 12.2. The van der Waals surface area contributed by atoms with E-state index in [0.29, 0.717) is 12.8 Å². The zero-order valence-electron chi connectivity index (χ0n) is 10.8. The molecule has 5 nitrogen and oxygen atoms in total. The number of amides is 1. The molecule has 1 aliphatic rings. The van der Waals surface area contributed by atoms with Crippen LogP contribution in [0, 0.1) is 0 Å². The molecule has 0 aromatic rings. The molecule has 0 unspecified atom stereocenters. The van der Waals surface area contributed by atoms with Crippen LogP contribution in [0.1, 0.15) is 33.6 Å². The fourth-order valence-electron chi connectivity index (χ4n) is 1.94. The third-order valence-corrected chi connectivity index (χ3v) is 3.19. The largest absolute Gasteiger partial charge is 0.444 e. The summed E-state index contributed by atoms with van der Waals surface area (Å²) in [6.07, 6.45) is 0.850. The second-order valence-electron chi connectivity index (χ2n) is 5.30. The van der Waals surface area contributed by atoms with Crippen LogP contribution in [-0.2, 0) is 4.74 Å². The third kappa shape index (κ3) is 3.52. The van der Waals surface area contributed by atoms with Crippen LogP contribution < -0.4 is 11.5 Å². The Morgan fingerprint density at radius 1 is 1.17 bits per heavy atom. The first-order valence-electron chi connectivity index (χ1n) is 5.73. The predicted molar refractivity (Wildman–Crippen MR) is 78.5 cm³/mol. The van der Waals surface area contributed by atoms with Crippen molar-refractivity contribution in [3.05, 3.63) is 0 Å². The third-order valence-electron chi connectivity index (χ3n) is 2.65. The SMILES string of the molecule is CC(C)(C)OC(=O)N1[C@@H](C(N)=S)CC[C@@H]1C(N)=S. The van der Waals surface area contributed by atoms with Gasteiger partial charge in [-0.1, -0.05) is 24.4 Å². The summed E-state index contributed by atoms with van der Waals surface area (Å²) in [7, 11) is 0. The Labute approximate surface area is 118 Å². The van der Waals surface area contributed by atoms with Gasteiger partial charge in [0, 0.05) is 0 Å². The standard InChI is InChI=1S/C11H19N3O2S2/c1-11(2,3)16-10(15)14-6(8(12)17)4-5-7(14)9(13)18/h6-7H,4-5H2,1-3H3,(H2,12,17)(H2,13,18)/t6-,7-/m1/s1. The summed E-state index contributed by atoms with van der Waals surface area (Å²) >= 11 is 9.95. The van der Waals surface area contributed by atoms with Gasteiger partial charge in [0.25, 0.3) is 0 Å². The van der Waals surface area contributed by atoms with Crippen molar-refractivity contribution in [1.29, 1.82) is 0 Å². The van der Waals surface area contributed by atoms with Gasteiger partial charge in [-0.3, -0.25) is 4.90 Å². The molecule has 0 bridgehead atoms. The monoisotopic (exact) mass is 289 g/mol. The second-order valence-corrected chi connectivity index (χ2v) is 6.24. The van der Waals surface area contributed by atoms with Gasteiger partial charge < -0.3 is 16.2 Å². The van der Waals surface area contributed by atoms with Crippen LogP contribution in [0.3, 0.4) is 0 Å². The van der Waals surface area contributed by atoms with Gasteiger partial charge in [0.2, 0.25) is 0 Å². The first-order chi connectivity index (χ1) is 8.13. The lowest BCUT2D eigenvalue weighted by atomic mass is 10.2. The van der Waals surface area contributed by atoms with Gasteiger partial charge in [0.1, 0.15) is 5.60 Å². The maximum Gasteiger partial charge on any atom is 0.411 e. The summed E-state index contributed by atoms with van der Waals surface area (Å²) in [6, 6.07) is -0.664. The molecule has 0 radical (unpaired) electrons. The summed E-state index contributed by atoms with van der Waals surface area (Å²) in [5.74, 6) is 0. The molecule has 18 heavy (non-hydrogen) atoms. The van der Waals surface area contributed by atoms with Gasteiger partial charge in [-0.2, -0.15) is 0 Å². The molecule has 1 aliphatic heterocycles. The number of nitrogens with zero attached hydrogens (tertiary/aromatic N) is 1. The fourth-order valence-corrected chi connectivity index (χ4v) is 2.40. The lowest BCUT2D eigenvalue weighted by molar-refractivity contribution is 0.0236. The van der Waals surface area contributed by atoms with Crippen molar-refractivity contribution in [3.8, 4) is 0 Å². The Kier molecular flexibility index (Phi) is 4.50. The number of carbonyl (C=O) groups excluding carboxylic acids is 1. The van der Waals surface area contributed by atoms with Crippen molar-refractivity contribution in [1.82, 2.24) is 4.90 Å². The van der Waals surface area contributed by atoms with E-state index >= 15 is 0 Å². The molecule has 1 rings (SSSR count). The Morgan fingerprint density at radius 3 is 1.83 bits per heavy atom. The number of thiocarbonyl (C=S) groups is 2. The normalized spacial score (nSPS) is 23.8. The van der Waals surface area contributed by atoms with Crippen molar-refractivity contribution in [2.45, 2.75) is 51.3 Å². The van der Waals surface area contributed by atoms with Crippen molar-refractivity contribution in [3.63, 3.8) is 0 Å². The van der Waals surface area contributed by atoms with E-state index in [0.717, 1.165) is 0 Å². The highest BCUT2D eigenvalue weighted by atomic mass is 32.1. The van der Waals surface area contributed by atoms with Crippen molar-refractivity contribution < 1.29 is 9.53 Å². The van der Waals surface area contributed by atoms with E-state index < -0.39 is 11.7 Å². The molecule has 0 aliphatic carbocycles. The number of carbonyl (C=O) groups is 1. The van der Waals surface area contributed by atoms with Gasteiger partial charge in [-0.25, -0.2) is 4.79 Å². The van der Waals surface area contributed by atoms with Crippen LogP contribution in [0.5, 0.6) is 0 Å². The molecule has 2 atom stereocenters. The van der Waals surface area contributed by atoms with Crippen LogP contribution >= 0.6 is 24.4 Å². The van der Waals surface area contributed by atoms with E-state index in [2.05, 4.69) is 0 Å². The van der Waals surface area contributed by atoms with Gasteiger partial charge in [-0.05, 0) is 33.6 Å². The van der Waals surface area contributed by atoms with Crippen LogP contribution in [0.4, 0.5) is 4.79 Å². The Hall–Kier alpha value is -0.950. The number of ether oxygens (including phenoxy) is 1. The smallest absolute Gasteiger partial charge is 0.411 e. The Bertz CT molecular complexity index is 357. The van der Waals surface area contributed by atoms with Crippen molar-refractivity contribution >= 4 is 40.5 Å². The summed E-state index contributed by atoms with van der Waals surface area (Å²) in [5.41, 5.74) is 10.7. The van der Waals surface area contributed by atoms with Gasteiger partial charge in [0.15, 0.2) is 0 Å². The molecule has 1 fully saturated rings. The number of nitrogens with two attached hydrogens (primary N) is 2. The molecule has 0 aromatic heterocycles. The molecular formula is C11H19N3O2S2. The minimum absolute atomic E-state index is 0.264. The summed E-state index contributed by atoms with van der Waals surface area (Å²) in [6.45, 7) is 5.39. The van der Waals surface area contributed by atoms with E-state index in [1.807, 2.05) is 0 Å². The van der Waals surface area contributed by atoms with Gasteiger partial charge in [-0.15, -0.1) is 0 Å². The van der Waals surface area contributed by atoms with Crippen molar-refractivity contribution in [2.24, 2.45) is 11.5 Å². The van der Waals surface area contributed by atoms with Gasteiger partial charge >= 0.3 is 6.09 Å². The second kappa shape index (κ2) is 5.36. The Balaban J connectivity index is 2.93. The average molecular weight is 289 g/mol. The molecule has 102 valence electrons. The molecule has 4 N–H and O–H groups in total. The van der Waals surface area contributed by atoms with Crippen LogP contribution in [0.2, 0.25) is 0 Å². The molecule has 1 saturated heterocycles. The summed E-state index contributed by atoms with van der Waals surface area (Å²) in [4.78, 5) is 14.2. The summed E-state index contributed by atoms with van der Waals surface area (Å²) in [5, 5.41) is 0. The van der Waals surface area contributed by atoms with Crippen LogP contribution in [0.25, 0.3) is 0 Å². The highest BCUT2D eigenvalue weighted by molar-refractivity contribution is 7.80. The van der Waals surface area contributed by atoms with E-state index in [-0.39, 0.29) is 22.1 Å². The van der Waals surface area contributed by atoms with Gasteiger partial charge in [0.05, 0.1) is 22.1 Å². The van der Waals surface area contributed by atoms with Crippen LogP contribution in [-0.4, -0.2) is 38.7 Å². The lowest BCUT2D eigenvalue weighted by Gasteiger charge is -2.31. The Morgan fingerprint density at radius 2 is 1.56 bits per heavy atom. The number of likely N-dealkylation sites (tertiary alicyclic amines) is 1. The predicted octanol–water partition coefficient (Wildman–Crippen LogP) is 1.33. The first kappa shape index (κ1) is 15.1. The molecule has 0 spiro atoms. The van der Waals surface area contributed by atoms with Crippen molar-refractivity contribution in [2.75, 3.05) is 0 Å². The zero-order chi connectivity index (χ0) is 14.1. The first-order valence-corrected chi connectivity index (χ1v) is 6.55. The molecule has 1 heterocycles. The number of hydrogen-bond donors (Lipinski definition) is 2. The number of hydrogen-bond acceptors (Lipinski definition) is 4. The molecule has 1 amide bonds. The van der Waals surface area contributed by atoms with E-state index in [1.54, 1.807) is 20.8 Å². The van der Waals surface area contributed by atoms with E-state index in [1.165, 1.54) is 4.90 Å². The van der Waals surface area contributed by atoms with E-state index in [9.17, 15) is 4.79 Å². The van der Waals surface area contributed by atoms with Crippen LogP contribution in [0.15, 0.2) is 0 Å². The van der Waals surface area contributed by atoms with E-state index in [4.69, 9.17) is 40.6 Å². The highest BCUT2D eigenvalue weighted by Crippen LogP contribution is 2.27. The summed E-state index contributed by atoms with van der Waals surface area (Å²) < 4.78 is 5.34. The lowest BCUT2D eigenvalue weighted by Crippen LogP contribution is -2.51. The number of rotatable bonds is 2. The zero-order valence-corrected chi connectivity index (χ0v) is 12.4. The quantitative estimate of drug-likeness (QED) is 0.746. The fraction of sp³-hybridized carbons (Fsp3) is 0.727. The molecule has 7 heteroatoms. The average Bonchev–Trinajstić information content (AvgIpc) is 2.58. The minimum atomic E-state index is -0.582. The highest BCUT2D eigenvalue weighted by Gasteiger charge is 2.41. The molecular weight excluding hydrogens is 270 g/mol. The molecule has 0 aromatic carbocycles. The maximum atomic E-state index is 12.2.